The monoisotopic (exact) mass is 273 g/mol. The van der Waals surface area contributed by atoms with Crippen molar-refractivity contribution in [3.05, 3.63) is 29.5 Å². The van der Waals surface area contributed by atoms with Crippen molar-refractivity contribution in [2.45, 2.75) is 26.7 Å². The molecule has 0 saturated heterocycles. The van der Waals surface area contributed by atoms with Gasteiger partial charge in [-0.2, -0.15) is 0 Å². The van der Waals surface area contributed by atoms with Crippen molar-refractivity contribution in [2.75, 3.05) is 12.8 Å². The van der Waals surface area contributed by atoms with Crippen LogP contribution in [0.5, 0.6) is 11.5 Å². The largest absolute Gasteiger partial charge is 0.504 e. The van der Waals surface area contributed by atoms with Crippen LogP contribution in [0.2, 0.25) is 0 Å². The molecule has 2 rings (SSSR count). The number of aromatic hydroxyl groups is 1. The second-order valence-corrected chi connectivity index (χ2v) is 4.97. The smallest absolute Gasteiger partial charge is 0.161 e. The van der Waals surface area contributed by atoms with Crippen molar-refractivity contribution in [3.63, 3.8) is 0 Å². The minimum atomic E-state index is 0.0535. The van der Waals surface area contributed by atoms with Crippen molar-refractivity contribution in [2.24, 2.45) is 0 Å². The number of benzene rings is 1. The van der Waals surface area contributed by atoms with Gasteiger partial charge in [0.25, 0.3) is 0 Å². The summed E-state index contributed by atoms with van der Waals surface area (Å²) < 4.78 is 5.02. The van der Waals surface area contributed by atoms with Crippen LogP contribution in [0.1, 0.15) is 31.0 Å². The molecule has 0 spiro atoms. The van der Waals surface area contributed by atoms with Crippen LogP contribution in [0.3, 0.4) is 0 Å². The maximum Gasteiger partial charge on any atom is 0.161 e. The fraction of sp³-hybridized carbons (Fsp3) is 0.333. The second kappa shape index (κ2) is 5.36. The molecule has 3 N–H and O–H groups in total. The van der Waals surface area contributed by atoms with E-state index in [0.717, 1.165) is 11.3 Å². The molecular weight excluding hydrogens is 254 g/mol. The number of ether oxygens (including phenoxy) is 1. The van der Waals surface area contributed by atoms with Gasteiger partial charge in [0.15, 0.2) is 17.3 Å². The number of aryl methyl sites for hydroxylation is 1. The van der Waals surface area contributed by atoms with Gasteiger partial charge >= 0.3 is 0 Å². The van der Waals surface area contributed by atoms with E-state index in [2.05, 4.69) is 23.8 Å². The molecule has 1 aromatic heterocycles. The van der Waals surface area contributed by atoms with Gasteiger partial charge in [0.05, 0.1) is 7.11 Å². The molecule has 0 aliphatic rings. The van der Waals surface area contributed by atoms with E-state index in [1.165, 1.54) is 7.11 Å². The Morgan fingerprint density at radius 2 is 1.95 bits per heavy atom. The van der Waals surface area contributed by atoms with Crippen LogP contribution in [-0.2, 0) is 0 Å². The maximum atomic E-state index is 9.82. The van der Waals surface area contributed by atoms with Crippen LogP contribution in [-0.4, -0.2) is 22.2 Å². The lowest BCUT2D eigenvalue weighted by Crippen LogP contribution is -2.06. The van der Waals surface area contributed by atoms with Crippen molar-refractivity contribution in [3.8, 4) is 22.9 Å². The first kappa shape index (κ1) is 14.1. The van der Waals surface area contributed by atoms with Gasteiger partial charge in [-0.05, 0) is 31.0 Å². The van der Waals surface area contributed by atoms with E-state index in [1.807, 2.05) is 6.92 Å². The van der Waals surface area contributed by atoms with Gasteiger partial charge in [-0.25, -0.2) is 9.97 Å². The summed E-state index contributed by atoms with van der Waals surface area (Å²) in [4.78, 5) is 8.82. The minimum absolute atomic E-state index is 0.0535. The Bertz CT molecular complexity index is 616. The Kier molecular flexibility index (Phi) is 3.79. The van der Waals surface area contributed by atoms with Gasteiger partial charge in [-0.3, -0.25) is 0 Å². The predicted octanol–water partition coefficient (Wildman–Crippen LogP) is 2.87. The third-order valence-electron chi connectivity index (χ3n) is 3.18. The molecule has 0 aliphatic heterocycles. The standard InChI is InChI=1S/C15H19N3O2/c1-8(2)13-9(3)17-15(18-14(13)16)10-5-6-12(20-4)11(19)7-10/h5-8,19H,1-4H3,(H2,16,17,18). The molecule has 1 aromatic carbocycles. The molecule has 5 heteroatoms. The Hall–Kier alpha value is -2.30. The highest BCUT2D eigenvalue weighted by Crippen LogP contribution is 2.31. The summed E-state index contributed by atoms with van der Waals surface area (Å²) in [6.07, 6.45) is 0. The lowest BCUT2D eigenvalue weighted by molar-refractivity contribution is 0.373. The quantitative estimate of drug-likeness (QED) is 0.898. The van der Waals surface area contributed by atoms with E-state index in [9.17, 15) is 5.11 Å². The molecule has 0 fully saturated rings. The molecule has 0 amide bonds. The maximum absolute atomic E-state index is 9.82. The van der Waals surface area contributed by atoms with Crippen molar-refractivity contribution >= 4 is 5.82 Å². The lowest BCUT2D eigenvalue weighted by Gasteiger charge is -2.13. The normalized spacial score (nSPS) is 10.8. The fourth-order valence-electron chi connectivity index (χ4n) is 2.28. The van der Waals surface area contributed by atoms with Crippen molar-refractivity contribution < 1.29 is 9.84 Å². The highest BCUT2D eigenvalue weighted by atomic mass is 16.5. The molecule has 2 aromatic rings. The molecular formula is C15H19N3O2. The van der Waals surface area contributed by atoms with E-state index in [-0.39, 0.29) is 11.7 Å². The van der Waals surface area contributed by atoms with Crippen LogP contribution in [0.25, 0.3) is 11.4 Å². The number of aromatic nitrogens is 2. The summed E-state index contributed by atoms with van der Waals surface area (Å²) in [5.41, 5.74) is 8.54. The van der Waals surface area contributed by atoms with Crippen molar-refractivity contribution in [1.82, 2.24) is 9.97 Å². The Balaban J connectivity index is 2.51. The molecule has 1 heterocycles. The molecule has 20 heavy (non-hydrogen) atoms. The molecule has 0 atom stereocenters. The Morgan fingerprint density at radius 3 is 2.45 bits per heavy atom. The summed E-state index contributed by atoms with van der Waals surface area (Å²) >= 11 is 0. The average Bonchev–Trinajstić information content (AvgIpc) is 2.37. The number of anilines is 1. The number of methoxy groups -OCH3 is 1. The minimum Gasteiger partial charge on any atom is -0.504 e. The number of phenols is 1. The highest BCUT2D eigenvalue weighted by molar-refractivity contribution is 5.63. The van der Waals surface area contributed by atoms with E-state index in [4.69, 9.17) is 10.5 Å². The number of nitrogens with two attached hydrogens (primary N) is 1. The number of nitrogen functional groups attached to an aromatic ring is 1. The van der Waals surface area contributed by atoms with Gasteiger partial charge in [0.1, 0.15) is 5.82 Å². The van der Waals surface area contributed by atoms with Gasteiger partial charge in [-0.1, -0.05) is 13.8 Å². The first-order chi connectivity index (χ1) is 9.43. The fourth-order valence-corrected chi connectivity index (χ4v) is 2.28. The molecule has 0 unspecified atom stereocenters. The summed E-state index contributed by atoms with van der Waals surface area (Å²) in [6, 6.07) is 5.04. The molecule has 0 bridgehead atoms. The summed E-state index contributed by atoms with van der Waals surface area (Å²) in [5, 5.41) is 9.82. The van der Waals surface area contributed by atoms with E-state index >= 15 is 0 Å². The van der Waals surface area contributed by atoms with Gasteiger partial charge < -0.3 is 15.6 Å². The third-order valence-corrected chi connectivity index (χ3v) is 3.18. The van der Waals surface area contributed by atoms with Crippen LogP contribution in [0.4, 0.5) is 5.82 Å². The first-order valence-electron chi connectivity index (χ1n) is 6.45. The summed E-state index contributed by atoms with van der Waals surface area (Å²) in [7, 11) is 1.50. The van der Waals surface area contributed by atoms with Crippen LogP contribution in [0, 0.1) is 6.92 Å². The third kappa shape index (κ3) is 2.52. The van der Waals surface area contributed by atoms with Gasteiger partial charge in [-0.15, -0.1) is 0 Å². The second-order valence-electron chi connectivity index (χ2n) is 4.97. The van der Waals surface area contributed by atoms with Crippen LogP contribution in [0.15, 0.2) is 18.2 Å². The van der Waals surface area contributed by atoms with E-state index in [1.54, 1.807) is 18.2 Å². The number of hydrogen-bond acceptors (Lipinski definition) is 5. The predicted molar refractivity (Wildman–Crippen MR) is 78.9 cm³/mol. The lowest BCUT2D eigenvalue weighted by atomic mass is 10.0. The summed E-state index contributed by atoms with van der Waals surface area (Å²) in [5.74, 6) is 1.73. The topological polar surface area (TPSA) is 81.3 Å². The number of rotatable bonds is 3. The van der Waals surface area contributed by atoms with Gasteiger partial charge in [0, 0.05) is 16.8 Å². The number of nitrogens with zero attached hydrogens (tertiary/aromatic N) is 2. The van der Waals surface area contributed by atoms with Gasteiger partial charge in [0.2, 0.25) is 0 Å². The van der Waals surface area contributed by atoms with E-state index in [0.29, 0.717) is 23.0 Å². The van der Waals surface area contributed by atoms with E-state index < -0.39 is 0 Å². The molecule has 0 radical (unpaired) electrons. The molecule has 5 nitrogen and oxygen atoms in total. The van der Waals surface area contributed by atoms with Crippen LogP contribution < -0.4 is 10.5 Å². The number of phenolic OH excluding ortho intramolecular Hbond substituents is 1. The SMILES string of the molecule is COc1ccc(-c2nc(C)c(C(C)C)c(N)n2)cc1O. The summed E-state index contributed by atoms with van der Waals surface area (Å²) in [6.45, 7) is 6.03. The Labute approximate surface area is 118 Å². The molecule has 0 saturated carbocycles. The zero-order valence-corrected chi connectivity index (χ0v) is 12.1. The van der Waals surface area contributed by atoms with Crippen LogP contribution >= 0.6 is 0 Å². The first-order valence-corrected chi connectivity index (χ1v) is 6.45. The molecule has 106 valence electrons. The number of hydrogen-bond donors (Lipinski definition) is 2. The van der Waals surface area contributed by atoms with Crippen molar-refractivity contribution in [1.29, 1.82) is 0 Å². The molecule has 0 aliphatic carbocycles. The zero-order chi connectivity index (χ0) is 14.9. The highest BCUT2D eigenvalue weighted by Gasteiger charge is 2.14. The Morgan fingerprint density at radius 1 is 1.25 bits per heavy atom. The average molecular weight is 273 g/mol. The zero-order valence-electron chi connectivity index (χ0n) is 12.1.